The standard InChI is InChI=1S/C20H30N2O2/c1-23-19-10-6-9-18(20(19)24-2)16-22-13-11-21(12-14-22)15-17-7-4-3-5-8-17/h3-4,6,9-10,17H,5,7-8,11-16H2,1-2H3. The molecule has 1 saturated heterocycles. The molecule has 132 valence electrons. The van der Waals surface area contributed by atoms with Crippen LogP contribution >= 0.6 is 0 Å². The first-order valence-corrected chi connectivity index (χ1v) is 9.09. The fraction of sp³-hybridized carbons (Fsp3) is 0.600. The van der Waals surface area contributed by atoms with Gasteiger partial charge in [0.05, 0.1) is 14.2 Å². The molecule has 1 aromatic rings. The van der Waals surface area contributed by atoms with Gasteiger partial charge in [0.25, 0.3) is 0 Å². The Hall–Kier alpha value is -1.52. The highest BCUT2D eigenvalue weighted by Crippen LogP contribution is 2.31. The molecule has 24 heavy (non-hydrogen) atoms. The van der Waals surface area contributed by atoms with Crippen LogP contribution in [0.3, 0.4) is 0 Å². The lowest BCUT2D eigenvalue weighted by atomic mass is 9.94. The topological polar surface area (TPSA) is 24.9 Å². The Morgan fingerprint density at radius 1 is 1.00 bits per heavy atom. The summed E-state index contributed by atoms with van der Waals surface area (Å²) in [5, 5.41) is 0. The van der Waals surface area contributed by atoms with Crippen molar-refractivity contribution in [2.75, 3.05) is 46.9 Å². The van der Waals surface area contributed by atoms with E-state index in [1.54, 1.807) is 14.2 Å². The molecule has 0 aromatic heterocycles. The minimum Gasteiger partial charge on any atom is -0.493 e. The smallest absolute Gasteiger partial charge is 0.165 e. The summed E-state index contributed by atoms with van der Waals surface area (Å²) in [6.45, 7) is 6.80. The predicted octanol–water partition coefficient (Wildman–Crippen LogP) is 3.18. The van der Waals surface area contributed by atoms with Crippen molar-refractivity contribution in [3.63, 3.8) is 0 Å². The van der Waals surface area contributed by atoms with Crippen LogP contribution in [0.2, 0.25) is 0 Å². The van der Waals surface area contributed by atoms with Gasteiger partial charge < -0.3 is 14.4 Å². The summed E-state index contributed by atoms with van der Waals surface area (Å²) in [7, 11) is 3.42. The van der Waals surface area contributed by atoms with Gasteiger partial charge in [-0.15, -0.1) is 0 Å². The third-order valence-corrected chi connectivity index (χ3v) is 5.24. The van der Waals surface area contributed by atoms with E-state index in [1.807, 2.05) is 12.1 Å². The SMILES string of the molecule is COc1cccc(CN2CCN(CC3CC=CCC3)CC2)c1OC. The van der Waals surface area contributed by atoms with Crippen molar-refractivity contribution in [1.29, 1.82) is 0 Å². The number of methoxy groups -OCH3 is 2. The molecular formula is C20H30N2O2. The molecule has 1 heterocycles. The Balaban J connectivity index is 1.51. The molecule has 1 aliphatic carbocycles. The maximum Gasteiger partial charge on any atom is 0.165 e. The molecule has 0 N–H and O–H groups in total. The number of piperazine rings is 1. The van der Waals surface area contributed by atoms with E-state index >= 15 is 0 Å². The lowest BCUT2D eigenvalue weighted by Crippen LogP contribution is -2.47. The van der Waals surface area contributed by atoms with Gasteiger partial charge in [-0.3, -0.25) is 4.90 Å². The van der Waals surface area contributed by atoms with Gasteiger partial charge in [-0.05, 0) is 31.2 Å². The predicted molar refractivity (Wildman–Crippen MR) is 97.7 cm³/mol. The zero-order valence-corrected chi connectivity index (χ0v) is 15.0. The quantitative estimate of drug-likeness (QED) is 0.748. The summed E-state index contributed by atoms with van der Waals surface area (Å²) < 4.78 is 11.0. The van der Waals surface area contributed by atoms with Gasteiger partial charge in [0.15, 0.2) is 11.5 Å². The molecule has 1 unspecified atom stereocenters. The normalized spacial score (nSPS) is 22.5. The van der Waals surface area contributed by atoms with Gasteiger partial charge >= 0.3 is 0 Å². The monoisotopic (exact) mass is 330 g/mol. The number of allylic oxidation sites excluding steroid dienone is 2. The molecule has 0 amide bonds. The van der Waals surface area contributed by atoms with Crippen molar-refractivity contribution in [3.8, 4) is 11.5 Å². The zero-order chi connectivity index (χ0) is 16.8. The molecule has 2 aliphatic rings. The fourth-order valence-corrected chi connectivity index (χ4v) is 3.84. The Morgan fingerprint density at radius 2 is 1.79 bits per heavy atom. The second-order valence-electron chi connectivity index (χ2n) is 6.88. The highest BCUT2D eigenvalue weighted by Gasteiger charge is 2.21. The average Bonchev–Trinajstić information content (AvgIpc) is 2.64. The Kier molecular flexibility index (Phi) is 6.16. The molecule has 1 aromatic carbocycles. The number of ether oxygens (including phenoxy) is 2. The van der Waals surface area contributed by atoms with Crippen molar-refractivity contribution in [1.82, 2.24) is 9.80 Å². The summed E-state index contributed by atoms with van der Waals surface area (Å²) >= 11 is 0. The maximum absolute atomic E-state index is 5.56. The summed E-state index contributed by atoms with van der Waals surface area (Å²) in [4.78, 5) is 5.16. The van der Waals surface area contributed by atoms with Gasteiger partial charge in [0.1, 0.15) is 0 Å². The third-order valence-electron chi connectivity index (χ3n) is 5.24. The molecule has 0 spiro atoms. The van der Waals surface area contributed by atoms with Crippen LogP contribution in [0.4, 0.5) is 0 Å². The minimum atomic E-state index is 0.819. The van der Waals surface area contributed by atoms with Crippen LogP contribution in [0, 0.1) is 5.92 Å². The molecule has 1 atom stereocenters. The van der Waals surface area contributed by atoms with Crippen LogP contribution in [0.15, 0.2) is 30.4 Å². The maximum atomic E-state index is 5.56. The summed E-state index contributed by atoms with van der Waals surface area (Å²) in [6.07, 6.45) is 8.58. The molecule has 1 aliphatic heterocycles. The first kappa shape index (κ1) is 17.3. The first-order chi connectivity index (χ1) is 11.8. The number of nitrogens with zero attached hydrogens (tertiary/aromatic N) is 2. The van der Waals surface area contributed by atoms with Gasteiger partial charge in [-0.2, -0.15) is 0 Å². The van der Waals surface area contributed by atoms with E-state index in [0.717, 1.165) is 37.1 Å². The molecular weight excluding hydrogens is 300 g/mol. The van der Waals surface area contributed by atoms with E-state index in [9.17, 15) is 0 Å². The van der Waals surface area contributed by atoms with E-state index in [4.69, 9.17) is 9.47 Å². The molecule has 0 radical (unpaired) electrons. The van der Waals surface area contributed by atoms with Crippen molar-refractivity contribution >= 4 is 0 Å². The largest absolute Gasteiger partial charge is 0.493 e. The minimum absolute atomic E-state index is 0.819. The number of para-hydroxylation sites is 1. The molecule has 0 saturated carbocycles. The van der Waals surface area contributed by atoms with Crippen molar-refractivity contribution in [3.05, 3.63) is 35.9 Å². The van der Waals surface area contributed by atoms with E-state index in [-0.39, 0.29) is 0 Å². The molecule has 3 rings (SSSR count). The van der Waals surface area contributed by atoms with Crippen molar-refractivity contribution in [2.45, 2.75) is 25.8 Å². The second kappa shape index (κ2) is 8.54. The lowest BCUT2D eigenvalue weighted by Gasteiger charge is -2.37. The van der Waals surface area contributed by atoms with Gasteiger partial charge in [0, 0.05) is 44.8 Å². The summed E-state index contributed by atoms with van der Waals surface area (Å²) in [6, 6.07) is 6.14. The highest BCUT2D eigenvalue weighted by molar-refractivity contribution is 5.46. The van der Waals surface area contributed by atoms with Crippen LogP contribution in [-0.2, 0) is 6.54 Å². The Labute approximate surface area is 146 Å². The molecule has 1 fully saturated rings. The molecule has 4 heteroatoms. The fourth-order valence-electron chi connectivity index (χ4n) is 3.84. The zero-order valence-electron chi connectivity index (χ0n) is 15.0. The van der Waals surface area contributed by atoms with Crippen LogP contribution in [0.5, 0.6) is 11.5 Å². The van der Waals surface area contributed by atoms with Crippen LogP contribution in [-0.4, -0.2) is 56.7 Å². The van der Waals surface area contributed by atoms with Gasteiger partial charge in [-0.1, -0.05) is 24.3 Å². The van der Waals surface area contributed by atoms with E-state index in [0.29, 0.717) is 0 Å². The highest BCUT2D eigenvalue weighted by atomic mass is 16.5. The van der Waals surface area contributed by atoms with Crippen LogP contribution in [0.25, 0.3) is 0 Å². The first-order valence-electron chi connectivity index (χ1n) is 9.09. The lowest BCUT2D eigenvalue weighted by molar-refractivity contribution is 0.110. The Morgan fingerprint density at radius 3 is 2.46 bits per heavy atom. The van der Waals surface area contributed by atoms with E-state index < -0.39 is 0 Å². The number of benzene rings is 1. The van der Waals surface area contributed by atoms with Crippen LogP contribution in [0.1, 0.15) is 24.8 Å². The number of rotatable bonds is 6. The second-order valence-corrected chi connectivity index (χ2v) is 6.88. The number of hydrogen-bond acceptors (Lipinski definition) is 4. The van der Waals surface area contributed by atoms with Gasteiger partial charge in [0.2, 0.25) is 0 Å². The van der Waals surface area contributed by atoms with Gasteiger partial charge in [-0.25, -0.2) is 0 Å². The molecule has 0 bridgehead atoms. The average molecular weight is 330 g/mol. The van der Waals surface area contributed by atoms with Crippen molar-refractivity contribution < 1.29 is 9.47 Å². The van der Waals surface area contributed by atoms with E-state index in [1.165, 1.54) is 44.5 Å². The van der Waals surface area contributed by atoms with E-state index in [2.05, 4.69) is 28.0 Å². The summed E-state index contributed by atoms with van der Waals surface area (Å²) in [5.74, 6) is 2.55. The summed E-state index contributed by atoms with van der Waals surface area (Å²) in [5.41, 5.74) is 1.21. The Bertz CT molecular complexity index is 551. The van der Waals surface area contributed by atoms with Crippen LogP contribution < -0.4 is 9.47 Å². The third kappa shape index (κ3) is 4.31. The number of hydrogen-bond donors (Lipinski definition) is 0. The molecule has 4 nitrogen and oxygen atoms in total. The van der Waals surface area contributed by atoms with Crippen molar-refractivity contribution in [2.24, 2.45) is 5.92 Å².